The van der Waals surface area contributed by atoms with E-state index in [2.05, 4.69) is 0 Å². The maximum Gasteiger partial charge on any atom is 0.124 e. The van der Waals surface area contributed by atoms with E-state index in [0.717, 1.165) is 0 Å². The average molecular weight is 123 g/mol. The lowest BCUT2D eigenvalue weighted by atomic mass is 10.4. The van der Waals surface area contributed by atoms with E-state index < -0.39 is 0 Å². The van der Waals surface area contributed by atoms with Crippen LogP contribution in [0, 0.1) is 11.8 Å². The van der Waals surface area contributed by atoms with Crippen molar-refractivity contribution in [3.8, 4) is 0 Å². The van der Waals surface area contributed by atoms with Gasteiger partial charge in [0.1, 0.15) is 4.33 Å². The first-order valence-electron chi connectivity index (χ1n) is 2.11. The minimum Gasteiger partial charge on any atom is -0.101 e. The Morgan fingerprint density at radius 1 is 1.33 bits per heavy atom. The Morgan fingerprint density at radius 2 is 1.67 bits per heavy atom. The third kappa shape index (κ3) is 0.214. The van der Waals surface area contributed by atoms with Gasteiger partial charge in [0.05, 0.1) is 0 Å². The molecule has 0 saturated heterocycles. The van der Waals surface area contributed by atoms with E-state index in [1.54, 1.807) is 0 Å². The number of halogens is 2. The van der Waals surface area contributed by atoms with Crippen LogP contribution in [0.15, 0.2) is 0 Å². The van der Waals surface area contributed by atoms with Gasteiger partial charge in [-0.3, -0.25) is 0 Å². The third-order valence-corrected chi connectivity index (χ3v) is 2.79. The topological polar surface area (TPSA) is 0 Å². The molecule has 2 saturated carbocycles. The minimum atomic E-state index is -0.250. The van der Waals surface area contributed by atoms with Crippen LogP contribution in [-0.4, -0.2) is 4.33 Å². The summed E-state index contributed by atoms with van der Waals surface area (Å²) in [6, 6.07) is 0. The molecule has 0 heterocycles. The highest BCUT2D eigenvalue weighted by Crippen LogP contribution is 2.76. The lowest BCUT2D eigenvalue weighted by Gasteiger charge is -1.97. The van der Waals surface area contributed by atoms with Crippen molar-refractivity contribution in [3.63, 3.8) is 0 Å². The fourth-order valence-electron chi connectivity index (χ4n) is 0.809. The number of hydrogen-bond donors (Lipinski definition) is 0. The summed E-state index contributed by atoms with van der Waals surface area (Å²) in [5.41, 5.74) is 0. The maximum atomic E-state index is 5.61. The Balaban J connectivity index is 2.21. The lowest BCUT2D eigenvalue weighted by molar-refractivity contribution is 0.859. The molecule has 0 aromatic carbocycles. The van der Waals surface area contributed by atoms with Crippen LogP contribution in [0.3, 0.4) is 0 Å². The smallest absolute Gasteiger partial charge is 0.101 e. The molecule has 2 unspecified atom stereocenters. The van der Waals surface area contributed by atoms with Crippen molar-refractivity contribution in [3.05, 3.63) is 0 Å². The summed E-state index contributed by atoms with van der Waals surface area (Å²) in [6.45, 7) is 0. The first-order chi connectivity index (χ1) is 2.73. The fourth-order valence-corrected chi connectivity index (χ4v) is 1.65. The summed E-state index contributed by atoms with van der Waals surface area (Å²) in [5, 5.41) is 0. The molecule has 0 radical (unpaired) electrons. The van der Waals surface area contributed by atoms with Crippen molar-refractivity contribution in [2.24, 2.45) is 11.8 Å². The summed E-state index contributed by atoms with van der Waals surface area (Å²) in [6.07, 6.45) is 1.28. The summed E-state index contributed by atoms with van der Waals surface area (Å²) in [5.74, 6) is 1.39. The van der Waals surface area contributed by atoms with Crippen molar-refractivity contribution in [1.29, 1.82) is 0 Å². The molecule has 2 fully saturated rings. The van der Waals surface area contributed by atoms with E-state index in [0.29, 0.717) is 11.8 Å². The van der Waals surface area contributed by atoms with E-state index in [9.17, 15) is 0 Å². The summed E-state index contributed by atoms with van der Waals surface area (Å²) in [7, 11) is 0. The highest BCUT2D eigenvalue weighted by atomic mass is 35.5. The highest BCUT2D eigenvalue weighted by molar-refractivity contribution is 6.52. The minimum absolute atomic E-state index is 0.250. The van der Waals surface area contributed by atoms with Gasteiger partial charge in [-0.15, -0.1) is 23.2 Å². The van der Waals surface area contributed by atoms with Crippen molar-refractivity contribution in [2.75, 3.05) is 0 Å². The van der Waals surface area contributed by atoms with Crippen LogP contribution < -0.4 is 0 Å². The first kappa shape index (κ1) is 3.57. The summed E-state index contributed by atoms with van der Waals surface area (Å²) in [4.78, 5) is 0. The van der Waals surface area contributed by atoms with Crippen molar-refractivity contribution < 1.29 is 0 Å². The molecule has 0 aromatic heterocycles. The fraction of sp³-hybridized carbons (Fsp3) is 1.00. The monoisotopic (exact) mass is 122 g/mol. The van der Waals surface area contributed by atoms with Crippen LogP contribution in [0.4, 0.5) is 0 Å². The summed E-state index contributed by atoms with van der Waals surface area (Å²) >= 11 is 11.2. The van der Waals surface area contributed by atoms with Crippen LogP contribution in [0.1, 0.15) is 6.42 Å². The molecule has 34 valence electrons. The molecule has 0 N–H and O–H groups in total. The molecule has 2 aliphatic rings. The first-order valence-corrected chi connectivity index (χ1v) is 2.86. The Kier molecular flexibility index (Phi) is 0.377. The second-order valence-corrected chi connectivity index (χ2v) is 3.57. The van der Waals surface area contributed by atoms with Gasteiger partial charge in [0, 0.05) is 0 Å². The molecule has 2 aliphatic carbocycles. The standard InChI is InChI=1S/C4H4Cl2/c5-4(6)2-1-3(2)4/h2-3H,1H2. The zero-order valence-corrected chi connectivity index (χ0v) is 4.63. The Labute approximate surface area is 46.4 Å². The summed E-state index contributed by atoms with van der Waals surface area (Å²) < 4.78 is -0.250. The zero-order chi connectivity index (χ0) is 4.36. The van der Waals surface area contributed by atoms with Crippen LogP contribution in [0.25, 0.3) is 0 Å². The molecule has 2 rings (SSSR count). The normalized spacial score (nSPS) is 57.0. The van der Waals surface area contributed by atoms with Crippen LogP contribution in [0.2, 0.25) is 0 Å². The average Bonchev–Trinajstić information content (AvgIpc) is 2.13. The number of rotatable bonds is 0. The molecule has 6 heavy (non-hydrogen) atoms. The van der Waals surface area contributed by atoms with Gasteiger partial charge in [0.25, 0.3) is 0 Å². The van der Waals surface area contributed by atoms with E-state index >= 15 is 0 Å². The van der Waals surface area contributed by atoms with Gasteiger partial charge in [0.2, 0.25) is 0 Å². The van der Waals surface area contributed by atoms with Gasteiger partial charge in [0.15, 0.2) is 0 Å². The van der Waals surface area contributed by atoms with Gasteiger partial charge in [-0.05, 0) is 18.3 Å². The Morgan fingerprint density at radius 3 is 1.67 bits per heavy atom. The van der Waals surface area contributed by atoms with Gasteiger partial charge in [-0.1, -0.05) is 0 Å². The quantitative estimate of drug-likeness (QED) is 0.431. The predicted octanol–water partition coefficient (Wildman–Crippen LogP) is 1.81. The van der Waals surface area contributed by atoms with Crippen molar-refractivity contribution in [1.82, 2.24) is 0 Å². The van der Waals surface area contributed by atoms with Gasteiger partial charge < -0.3 is 0 Å². The van der Waals surface area contributed by atoms with Gasteiger partial charge in [-0.25, -0.2) is 0 Å². The molecule has 0 aliphatic heterocycles. The van der Waals surface area contributed by atoms with Crippen molar-refractivity contribution in [2.45, 2.75) is 10.8 Å². The molecular weight excluding hydrogens is 119 g/mol. The molecule has 0 spiro atoms. The molecule has 0 aromatic rings. The van der Waals surface area contributed by atoms with E-state index in [4.69, 9.17) is 23.2 Å². The number of fused-ring (bicyclic) bond motifs is 1. The van der Waals surface area contributed by atoms with Crippen LogP contribution >= 0.6 is 23.2 Å². The number of hydrogen-bond acceptors (Lipinski definition) is 0. The molecule has 0 amide bonds. The van der Waals surface area contributed by atoms with Gasteiger partial charge >= 0.3 is 0 Å². The van der Waals surface area contributed by atoms with E-state index in [1.807, 2.05) is 0 Å². The molecule has 2 atom stereocenters. The third-order valence-electron chi connectivity index (χ3n) is 1.67. The molecule has 2 heteroatoms. The zero-order valence-electron chi connectivity index (χ0n) is 3.12. The molecule has 0 bridgehead atoms. The highest BCUT2D eigenvalue weighted by Gasteiger charge is 2.75. The Bertz CT molecular complexity index is 87.7. The van der Waals surface area contributed by atoms with Crippen LogP contribution in [0.5, 0.6) is 0 Å². The Hall–Kier alpha value is 0.580. The largest absolute Gasteiger partial charge is 0.124 e. The second kappa shape index (κ2) is 0.635. The lowest BCUT2D eigenvalue weighted by Crippen LogP contribution is -1.96. The van der Waals surface area contributed by atoms with Crippen LogP contribution in [-0.2, 0) is 0 Å². The number of alkyl halides is 2. The van der Waals surface area contributed by atoms with E-state index in [1.165, 1.54) is 6.42 Å². The van der Waals surface area contributed by atoms with E-state index in [-0.39, 0.29) is 4.33 Å². The molecular formula is C4H4Cl2. The second-order valence-electron chi connectivity index (χ2n) is 2.12. The molecule has 0 nitrogen and oxygen atoms in total. The van der Waals surface area contributed by atoms with Gasteiger partial charge in [-0.2, -0.15) is 0 Å². The SMILES string of the molecule is ClC1(Cl)C2CC21. The van der Waals surface area contributed by atoms with Crippen molar-refractivity contribution >= 4 is 23.2 Å². The maximum absolute atomic E-state index is 5.61. The predicted molar refractivity (Wildman–Crippen MR) is 26.0 cm³/mol.